The van der Waals surface area contributed by atoms with Crippen molar-refractivity contribution in [3.05, 3.63) is 90.0 Å². The fourth-order valence-electron chi connectivity index (χ4n) is 4.22. The van der Waals surface area contributed by atoms with E-state index in [0.717, 1.165) is 24.7 Å². The molecule has 1 fully saturated rings. The number of hydrogen-bond acceptors (Lipinski definition) is 4. The molecule has 0 saturated carbocycles. The Labute approximate surface area is 183 Å². The van der Waals surface area contributed by atoms with E-state index in [2.05, 4.69) is 77.7 Å². The van der Waals surface area contributed by atoms with Crippen molar-refractivity contribution < 1.29 is 9.47 Å². The summed E-state index contributed by atoms with van der Waals surface area (Å²) in [5.74, 6) is 1.89. The van der Waals surface area contributed by atoms with Crippen LogP contribution in [0.2, 0.25) is 0 Å². The van der Waals surface area contributed by atoms with E-state index in [4.69, 9.17) is 9.47 Å². The summed E-state index contributed by atoms with van der Waals surface area (Å²) in [6.07, 6.45) is 2.60. The van der Waals surface area contributed by atoms with Gasteiger partial charge in [0.05, 0.1) is 10.1 Å². The van der Waals surface area contributed by atoms with E-state index in [1.54, 1.807) is 0 Å². The maximum Gasteiger partial charge on any atom is 0.140 e. The van der Waals surface area contributed by atoms with Gasteiger partial charge in [0.2, 0.25) is 0 Å². The lowest BCUT2D eigenvalue weighted by molar-refractivity contribution is 0.190. The smallest absolute Gasteiger partial charge is 0.140 e. The highest BCUT2D eigenvalue weighted by Gasteiger charge is 2.33. The maximum atomic E-state index is 6.51. The highest BCUT2D eigenvalue weighted by Crippen LogP contribution is 2.53. The lowest BCUT2D eigenvalue weighted by atomic mass is 10.00. The number of hydrogen-bond donors (Lipinski definition) is 0. The SMILES string of the molecule is c1ccc([C@@H]2Sc3ccccc3O[C@@H]2c2ccc(OCCN3CCCC3)cc2)cc1. The zero-order valence-electron chi connectivity index (χ0n) is 17.1. The molecular formula is C26H27NO2S. The molecule has 0 radical (unpaired) electrons. The van der Waals surface area contributed by atoms with Crippen molar-refractivity contribution in [2.24, 2.45) is 0 Å². The first-order valence-corrected chi connectivity index (χ1v) is 11.7. The van der Waals surface area contributed by atoms with Crippen LogP contribution in [0.25, 0.3) is 0 Å². The number of para-hydroxylation sites is 1. The molecule has 3 nitrogen and oxygen atoms in total. The van der Waals surface area contributed by atoms with E-state index in [9.17, 15) is 0 Å². The van der Waals surface area contributed by atoms with Gasteiger partial charge in [-0.15, -0.1) is 11.8 Å². The second kappa shape index (κ2) is 9.15. The molecule has 0 spiro atoms. The first-order chi connectivity index (χ1) is 14.9. The third-order valence-electron chi connectivity index (χ3n) is 5.84. The quantitative estimate of drug-likeness (QED) is 0.481. The monoisotopic (exact) mass is 417 g/mol. The lowest BCUT2D eigenvalue weighted by Gasteiger charge is -2.33. The predicted molar refractivity (Wildman–Crippen MR) is 122 cm³/mol. The molecule has 0 aromatic heterocycles. The Hall–Kier alpha value is -2.43. The highest BCUT2D eigenvalue weighted by atomic mass is 32.2. The molecule has 3 aromatic carbocycles. The number of fused-ring (bicyclic) bond motifs is 1. The van der Waals surface area contributed by atoms with Crippen LogP contribution in [0.3, 0.4) is 0 Å². The summed E-state index contributed by atoms with van der Waals surface area (Å²) < 4.78 is 12.5. The third kappa shape index (κ3) is 4.35. The van der Waals surface area contributed by atoms with Crippen molar-refractivity contribution >= 4 is 11.8 Å². The van der Waals surface area contributed by atoms with Gasteiger partial charge in [0.25, 0.3) is 0 Å². The molecule has 0 aliphatic carbocycles. The molecule has 3 aromatic rings. The molecule has 2 aliphatic rings. The van der Waals surface area contributed by atoms with E-state index in [1.807, 2.05) is 17.8 Å². The Kier molecular flexibility index (Phi) is 5.96. The number of rotatable bonds is 6. The molecule has 2 atom stereocenters. The predicted octanol–water partition coefficient (Wildman–Crippen LogP) is 6.13. The summed E-state index contributed by atoms with van der Waals surface area (Å²) in [7, 11) is 0. The summed E-state index contributed by atoms with van der Waals surface area (Å²) >= 11 is 1.88. The molecule has 2 heterocycles. The number of benzene rings is 3. The summed E-state index contributed by atoms with van der Waals surface area (Å²) in [5, 5.41) is 0.211. The zero-order valence-corrected chi connectivity index (χ0v) is 17.9. The average Bonchev–Trinajstić information content (AvgIpc) is 3.33. The van der Waals surface area contributed by atoms with Crippen molar-refractivity contribution in [2.75, 3.05) is 26.2 Å². The standard InChI is InChI=1S/C26H27NO2S/c1-2-8-21(9-3-1)26-25(29-23-10-4-5-11-24(23)30-26)20-12-14-22(15-13-20)28-19-18-27-16-6-7-17-27/h1-5,8-15,25-26H,6-7,16-19H2/t25-,26+/m1/s1. The second-order valence-corrected chi connectivity index (χ2v) is 9.08. The van der Waals surface area contributed by atoms with Crippen LogP contribution in [-0.2, 0) is 0 Å². The van der Waals surface area contributed by atoms with Gasteiger partial charge in [-0.3, -0.25) is 4.90 Å². The van der Waals surface area contributed by atoms with E-state index >= 15 is 0 Å². The van der Waals surface area contributed by atoms with E-state index < -0.39 is 0 Å². The summed E-state index contributed by atoms with van der Waals surface area (Å²) in [5.41, 5.74) is 2.46. The molecule has 154 valence electrons. The van der Waals surface area contributed by atoms with E-state index in [-0.39, 0.29) is 11.4 Å². The number of nitrogens with zero attached hydrogens (tertiary/aromatic N) is 1. The van der Waals surface area contributed by atoms with Gasteiger partial charge in [-0.05, 0) is 61.3 Å². The van der Waals surface area contributed by atoms with Crippen LogP contribution in [0, 0.1) is 0 Å². The van der Waals surface area contributed by atoms with Gasteiger partial charge in [0.1, 0.15) is 24.2 Å². The van der Waals surface area contributed by atoms with Crippen LogP contribution < -0.4 is 9.47 Å². The molecule has 5 rings (SSSR count). The Morgan fingerprint density at radius 3 is 2.37 bits per heavy atom. The molecule has 0 unspecified atom stereocenters. The average molecular weight is 418 g/mol. The molecule has 0 N–H and O–H groups in total. The molecule has 0 bridgehead atoms. The molecule has 0 amide bonds. The van der Waals surface area contributed by atoms with Crippen molar-refractivity contribution in [1.29, 1.82) is 0 Å². The highest BCUT2D eigenvalue weighted by molar-refractivity contribution is 7.99. The van der Waals surface area contributed by atoms with Crippen molar-refractivity contribution in [2.45, 2.75) is 29.1 Å². The Bertz CT molecular complexity index is 954. The fraction of sp³-hybridized carbons (Fsp3) is 0.308. The minimum Gasteiger partial charge on any atom is -0.492 e. The molecular weight excluding hydrogens is 390 g/mol. The van der Waals surface area contributed by atoms with Gasteiger partial charge in [-0.25, -0.2) is 0 Å². The van der Waals surface area contributed by atoms with Gasteiger partial charge >= 0.3 is 0 Å². The third-order valence-corrected chi connectivity index (χ3v) is 7.21. The first kappa shape index (κ1) is 19.5. The summed E-state index contributed by atoms with van der Waals surface area (Å²) in [6.45, 7) is 4.18. The van der Waals surface area contributed by atoms with Gasteiger partial charge < -0.3 is 9.47 Å². The van der Waals surface area contributed by atoms with Gasteiger partial charge in [-0.2, -0.15) is 0 Å². The minimum absolute atomic E-state index is 0.0362. The van der Waals surface area contributed by atoms with Crippen LogP contribution in [0.1, 0.15) is 35.3 Å². The van der Waals surface area contributed by atoms with Crippen LogP contribution in [-0.4, -0.2) is 31.1 Å². The Balaban J connectivity index is 1.33. The largest absolute Gasteiger partial charge is 0.492 e. The van der Waals surface area contributed by atoms with E-state index in [1.165, 1.54) is 42.0 Å². The molecule has 1 saturated heterocycles. The van der Waals surface area contributed by atoms with Crippen molar-refractivity contribution in [3.8, 4) is 11.5 Å². The van der Waals surface area contributed by atoms with E-state index in [0.29, 0.717) is 0 Å². The topological polar surface area (TPSA) is 21.7 Å². The number of likely N-dealkylation sites (tertiary alicyclic amines) is 1. The lowest BCUT2D eigenvalue weighted by Crippen LogP contribution is -2.25. The normalized spacial score (nSPS) is 21.1. The molecule has 2 aliphatic heterocycles. The summed E-state index contributed by atoms with van der Waals surface area (Å²) in [4.78, 5) is 3.67. The number of thioether (sulfide) groups is 1. The maximum absolute atomic E-state index is 6.51. The van der Waals surface area contributed by atoms with Crippen LogP contribution in [0.5, 0.6) is 11.5 Å². The van der Waals surface area contributed by atoms with Crippen molar-refractivity contribution in [1.82, 2.24) is 4.90 Å². The van der Waals surface area contributed by atoms with Crippen LogP contribution in [0.15, 0.2) is 83.8 Å². The Morgan fingerprint density at radius 2 is 1.57 bits per heavy atom. The van der Waals surface area contributed by atoms with Crippen LogP contribution in [0.4, 0.5) is 0 Å². The summed E-state index contributed by atoms with van der Waals surface area (Å²) in [6, 6.07) is 27.4. The Morgan fingerprint density at radius 1 is 0.833 bits per heavy atom. The minimum atomic E-state index is -0.0362. The molecule has 30 heavy (non-hydrogen) atoms. The first-order valence-electron chi connectivity index (χ1n) is 10.8. The van der Waals surface area contributed by atoms with Crippen LogP contribution >= 0.6 is 11.8 Å². The van der Waals surface area contributed by atoms with Crippen molar-refractivity contribution in [3.63, 3.8) is 0 Å². The van der Waals surface area contributed by atoms with Gasteiger partial charge in [-0.1, -0.05) is 54.6 Å². The molecule has 4 heteroatoms. The zero-order chi connectivity index (χ0) is 20.2. The second-order valence-electron chi connectivity index (χ2n) is 7.90. The van der Waals surface area contributed by atoms with Gasteiger partial charge in [0, 0.05) is 6.54 Å². The fourth-order valence-corrected chi connectivity index (χ4v) is 5.52. The van der Waals surface area contributed by atoms with Gasteiger partial charge in [0.15, 0.2) is 0 Å². The number of ether oxygens (including phenoxy) is 2.